The van der Waals surface area contributed by atoms with E-state index >= 15 is 0 Å². The predicted octanol–water partition coefficient (Wildman–Crippen LogP) is 0.702. The van der Waals surface area contributed by atoms with Crippen LogP contribution in [-0.2, 0) is 4.74 Å². The van der Waals surface area contributed by atoms with Crippen molar-refractivity contribution in [1.29, 1.82) is 0 Å². The summed E-state index contributed by atoms with van der Waals surface area (Å²) in [5.74, 6) is -0.547. The summed E-state index contributed by atoms with van der Waals surface area (Å²) in [7, 11) is 0. The molecule has 1 aromatic heterocycles. The van der Waals surface area contributed by atoms with Gasteiger partial charge in [-0.2, -0.15) is 5.10 Å². The van der Waals surface area contributed by atoms with Gasteiger partial charge in [0.05, 0.1) is 12.8 Å². The fraction of sp³-hybridized carbons (Fsp3) is 0.333. The Kier molecular flexibility index (Phi) is 2.93. The highest BCUT2D eigenvalue weighted by Gasteiger charge is 2.08. The quantitative estimate of drug-likeness (QED) is 0.638. The van der Waals surface area contributed by atoms with Crippen molar-refractivity contribution >= 4 is 17.6 Å². The monoisotopic (exact) mass is 187 g/mol. The molecule has 0 spiro atoms. The number of carbonyl (C=O) groups is 1. The van der Waals surface area contributed by atoms with Gasteiger partial charge in [0.2, 0.25) is 5.28 Å². The van der Waals surface area contributed by atoms with Crippen LogP contribution in [-0.4, -0.2) is 27.8 Å². The third-order valence-electron chi connectivity index (χ3n) is 1.02. The van der Waals surface area contributed by atoms with Crippen LogP contribution < -0.4 is 0 Å². The summed E-state index contributed by atoms with van der Waals surface area (Å²) in [4.78, 5) is 14.6. The molecule has 0 aromatic carbocycles. The smallest absolute Gasteiger partial charge is 0.358 e. The SMILES string of the molecule is CCOC(=O)c1cnnc(Cl)n1. The molecule has 0 radical (unpaired) electrons. The first-order valence-electron chi connectivity index (χ1n) is 3.26. The molecule has 0 amide bonds. The fourth-order valence-electron chi connectivity index (χ4n) is 0.585. The maximum Gasteiger partial charge on any atom is 0.358 e. The van der Waals surface area contributed by atoms with E-state index in [9.17, 15) is 4.79 Å². The molecule has 1 aromatic rings. The van der Waals surface area contributed by atoms with Gasteiger partial charge in [0, 0.05) is 0 Å². The van der Waals surface area contributed by atoms with E-state index < -0.39 is 5.97 Å². The van der Waals surface area contributed by atoms with Crippen molar-refractivity contribution in [3.05, 3.63) is 17.2 Å². The topological polar surface area (TPSA) is 65.0 Å². The maximum absolute atomic E-state index is 11.0. The summed E-state index contributed by atoms with van der Waals surface area (Å²) in [6, 6.07) is 0. The molecule has 0 aliphatic carbocycles. The lowest BCUT2D eigenvalue weighted by Gasteiger charge is -1.98. The Hall–Kier alpha value is -1.23. The first-order chi connectivity index (χ1) is 5.74. The molecule has 0 atom stereocenters. The zero-order valence-corrected chi connectivity index (χ0v) is 7.08. The van der Waals surface area contributed by atoms with Crippen LogP contribution in [0.4, 0.5) is 0 Å². The molecule has 0 saturated heterocycles. The number of halogens is 1. The van der Waals surface area contributed by atoms with Crippen molar-refractivity contribution in [1.82, 2.24) is 15.2 Å². The lowest BCUT2D eigenvalue weighted by atomic mass is 10.5. The normalized spacial score (nSPS) is 9.50. The Bertz CT molecular complexity index is 292. The van der Waals surface area contributed by atoms with E-state index in [1.165, 1.54) is 6.20 Å². The van der Waals surface area contributed by atoms with Gasteiger partial charge in [-0.25, -0.2) is 9.78 Å². The molecule has 0 unspecified atom stereocenters. The van der Waals surface area contributed by atoms with Crippen LogP contribution >= 0.6 is 11.6 Å². The van der Waals surface area contributed by atoms with Crippen LogP contribution in [0, 0.1) is 0 Å². The van der Waals surface area contributed by atoms with E-state index in [2.05, 4.69) is 19.9 Å². The predicted molar refractivity (Wildman–Crippen MR) is 40.8 cm³/mol. The number of nitrogens with zero attached hydrogens (tertiary/aromatic N) is 3. The van der Waals surface area contributed by atoms with Crippen molar-refractivity contribution in [2.24, 2.45) is 0 Å². The molecule has 0 fully saturated rings. The lowest BCUT2D eigenvalue weighted by molar-refractivity contribution is 0.0518. The Balaban J connectivity index is 2.81. The van der Waals surface area contributed by atoms with Crippen LogP contribution in [0.15, 0.2) is 6.20 Å². The molecule has 1 rings (SSSR count). The highest BCUT2D eigenvalue weighted by Crippen LogP contribution is 2.00. The van der Waals surface area contributed by atoms with Gasteiger partial charge in [-0.1, -0.05) is 0 Å². The van der Waals surface area contributed by atoms with Crippen molar-refractivity contribution in [2.45, 2.75) is 6.92 Å². The first kappa shape index (κ1) is 8.86. The molecule has 64 valence electrons. The Morgan fingerprint density at radius 2 is 2.50 bits per heavy atom. The molecule has 12 heavy (non-hydrogen) atoms. The minimum absolute atomic E-state index is 0.0665. The standard InChI is InChI=1S/C6H6ClN3O2/c1-2-12-5(11)4-3-8-10-6(7)9-4/h3H,2H2,1H3. The van der Waals surface area contributed by atoms with Crippen molar-refractivity contribution in [3.63, 3.8) is 0 Å². The Morgan fingerprint density at radius 3 is 3.08 bits per heavy atom. The van der Waals surface area contributed by atoms with E-state index in [1.807, 2.05) is 0 Å². The molecule has 0 aliphatic rings. The summed E-state index contributed by atoms with van der Waals surface area (Å²) in [6.07, 6.45) is 1.20. The minimum Gasteiger partial charge on any atom is -0.461 e. The summed E-state index contributed by atoms with van der Waals surface area (Å²) >= 11 is 5.40. The van der Waals surface area contributed by atoms with Crippen molar-refractivity contribution in [3.8, 4) is 0 Å². The van der Waals surface area contributed by atoms with Gasteiger partial charge in [0.1, 0.15) is 0 Å². The molecular formula is C6H6ClN3O2. The molecule has 5 nitrogen and oxygen atoms in total. The van der Waals surface area contributed by atoms with Crippen LogP contribution in [0.5, 0.6) is 0 Å². The van der Waals surface area contributed by atoms with Gasteiger partial charge in [-0.05, 0) is 18.5 Å². The molecule has 1 heterocycles. The zero-order chi connectivity index (χ0) is 8.97. The number of ether oxygens (including phenoxy) is 1. The third-order valence-corrected chi connectivity index (χ3v) is 1.18. The van der Waals surface area contributed by atoms with Crippen LogP contribution in [0.3, 0.4) is 0 Å². The second kappa shape index (κ2) is 3.96. The average Bonchev–Trinajstić information content (AvgIpc) is 2.05. The largest absolute Gasteiger partial charge is 0.461 e. The van der Waals surface area contributed by atoms with Gasteiger partial charge in [-0.15, -0.1) is 5.10 Å². The minimum atomic E-state index is -0.547. The van der Waals surface area contributed by atoms with E-state index in [4.69, 9.17) is 11.6 Å². The third kappa shape index (κ3) is 2.13. The average molecular weight is 188 g/mol. The molecule has 0 bridgehead atoms. The summed E-state index contributed by atoms with van der Waals surface area (Å²) in [5.41, 5.74) is 0.0665. The number of aromatic nitrogens is 3. The van der Waals surface area contributed by atoms with Crippen molar-refractivity contribution in [2.75, 3.05) is 6.61 Å². The molecule has 6 heteroatoms. The second-order valence-electron chi connectivity index (χ2n) is 1.83. The van der Waals surface area contributed by atoms with Crippen LogP contribution in [0.2, 0.25) is 5.28 Å². The Morgan fingerprint density at radius 1 is 1.75 bits per heavy atom. The summed E-state index contributed by atoms with van der Waals surface area (Å²) < 4.78 is 4.66. The van der Waals surface area contributed by atoms with E-state index in [0.29, 0.717) is 6.61 Å². The molecular weight excluding hydrogens is 182 g/mol. The number of rotatable bonds is 2. The summed E-state index contributed by atoms with van der Waals surface area (Å²) in [6.45, 7) is 1.99. The number of hydrogen-bond donors (Lipinski definition) is 0. The van der Waals surface area contributed by atoms with Crippen LogP contribution in [0.25, 0.3) is 0 Å². The van der Waals surface area contributed by atoms with Crippen molar-refractivity contribution < 1.29 is 9.53 Å². The zero-order valence-electron chi connectivity index (χ0n) is 6.32. The molecule has 0 saturated carbocycles. The van der Waals surface area contributed by atoms with Gasteiger partial charge < -0.3 is 4.74 Å². The molecule has 0 N–H and O–H groups in total. The highest BCUT2D eigenvalue weighted by atomic mass is 35.5. The Labute approximate surface area is 73.7 Å². The van der Waals surface area contributed by atoms with E-state index in [0.717, 1.165) is 0 Å². The van der Waals surface area contributed by atoms with E-state index in [1.54, 1.807) is 6.92 Å². The van der Waals surface area contributed by atoms with E-state index in [-0.39, 0.29) is 11.0 Å². The number of hydrogen-bond acceptors (Lipinski definition) is 5. The van der Waals surface area contributed by atoms with Gasteiger partial charge in [0.25, 0.3) is 0 Å². The number of esters is 1. The summed E-state index contributed by atoms with van der Waals surface area (Å²) in [5, 5.41) is 6.75. The second-order valence-corrected chi connectivity index (χ2v) is 2.17. The fourth-order valence-corrected chi connectivity index (χ4v) is 0.720. The van der Waals surface area contributed by atoms with Gasteiger partial charge in [0.15, 0.2) is 5.69 Å². The first-order valence-corrected chi connectivity index (χ1v) is 3.64. The lowest BCUT2D eigenvalue weighted by Crippen LogP contribution is -2.08. The van der Waals surface area contributed by atoms with Gasteiger partial charge >= 0.3 is 5.97 Å². The molecule has 0 aliphatic heterocycles. The maximum atomic E-state index is 11.0. The number of carbonyl (C=O) groups excluding carboxylic acids is 1. The van der Waals surface area contributed by atoms with Gasteiger partial charge in [-0.3, -0.25) is 0 Å². The van der Waals surface area contributed by atoms with Crippen LogP contribution in [0.1, 0.15) is 17.4 Å². The highest BCUT2D eigenvalue weighted by molar-refractivity contribution is 6.28.